The van der Waals surface area contributed by atoms with Crippen LogP contribution in [0.25, 0.3) is 32.8 Å². The highest BCUT2D eigenvalue weighted by molar-refractivity contribution is 6.33. The molecular weight excluding hydrogens is 362 g/mol. The molecule has 6 nitrogen and oxygen atoms in total. The molecule has 1 N–H and O–H groups in total. The number of aromatic amines is 1. The summed E-state index contributed by atoms with van der Waals surface area (Å²) in [6, 6.07) is 8.73. The second-order valence-corrected chi connectivity index (χ2v) is 6.64. The lowest BCUT2D eigenvalue weighted by Gasteiger charge is -2.13. The van der Waals surface area contributed by atoms with Crippen molar-refractivity contribution in [2.24, 2.45) is 0 Å². The van der Waals surface area contributed by atoms with Crippen LogP contribution >= 0.6 is 11.6 Å². The Morgan fingerprint density at radius 1 is 1.22 bits per heavy atom. The molecule has 0 amide bonds. The molecule has 0 unspecified atom stereocenters. The van der Waals surface area contributed by atoms with Crippen LogP contribution in [0.5, 0.6) is 0 Å². The molecule has 4 rings (SSSR count). The summed E-state index contributed by atoms with van der Waals surface area (Å²) in [5.41, 5.74) is 3.87. The maximum atomic E-state index is 12.3. The Kier molecular flexibility index (Phi) is 4.02. The number of nitrogens with one attached hydrogen (secondary N) is 1. The van der Waals surface area contributed by atoms with Crippen molar-refractivity contribution in [2.45, 2.75) is 13.8 Å². The monoisotopic (exact) mass is 375 g/mol. The summed E-state index contributed by atoms with van der Waals surface area (Å²) in [5.74, 6) is 0.573. The van der Waals surface area contributed by atoms with Crippen LogP contribution in [0.3, 0.4) is 0 Å². The fourth-order valence-electron chi connectivity index (χ4n) is 3.04. The lowest BCUT2D eigenvalue weighted by Crippen LogP contribution is -2.07. The first-order valence-electron chi connectivity index (χ1n) is 8.21. The predicted molar refractivity (Wildman–Crippen MR) is 106 cm³/mol. The Balaban J connectivity index is 2.08. The first kappa shape index (κ1) is 17.0. The minimum atomic E-state index is -0.124. The number of pyridine rings is 2. The molecule has 3 aromatic heterocycles. The number of aromatic nitrogens is 4. The third-order valence-electron chi connectivity index (χ3n) is 4.34. The summed E-state index contributed by atoms with van der Waals surface area (Å²) < 4.78 is 1.67. The molecule has 0 spiro atoms. The van der Waals surface area contributed by atoms with E-state index in [0.717, 1.165) is 16.8 Å². The van der Waals surface area contributed by atoms with Crippen LogP contribution < -0.4 is 5.43 Å². The van der Waals surface area contributed by atoms with Gasteiger partial charge in [-0.15, -0.1) is 0 Å². The van der Waals surface area contributed by atoms with E-state index in [1.54, 1.807) is 23.0 Å². The Hall–Kier alpha value is -3.43. The molecule has 3 heterocycles. The van der Waals surface area contributed by atoms with Crippen LogP contribution in [0.15, 0.2) is 47.5 Å². The van der Waals surface area contributed by atoms with Gasteiger partial charge in [-0.1, -0.05) is 17.7 Å². The molecule has 0 aliphatic carbocycles. The molecule has 0 aliphatic heterocycles. The number of benzene rings is 1. The van der Waals surface area contributed by atoms with Crippen LogP contribution in [0.1, 0.15) is 11.3 Å². The maximum Gasteiger partial charge on any atom is 0.208 e. The summed E-state index contributed by atoms with van der Waals surface area (Å²) >= 11 is 6.31. The van der Waals surface area contributed by atoms with Crippen LogP contribution in [-0.2, 0) is 0 Å². The SMILES string of the molecule is [C-]#[N+]c1c(C)cc(-c2cc3c(=O)cc[nH]c3nc2-n2ccc(C)n2)cc1Cl. The first-order chi connectivity index (χ1) is 13.0. The number of fused-ring (bicyclic) bond motifs is 1. The van der Waals surface area contributed by atoms with E-state index in [0.29, 0.717) is 33.1 Å². The van der Waals surface area contributed by atoms with Gasteiger partial charge in [0.15, 0.2) is 11.2 Å². The normalized spacial score (nSPS) is 10.9. The number of aryl methyl sites for hydroxylation is 2. The highest BCUT2D eigenvalue weighted by Crippen LogP contribution is 2.36. The number of hydrogen-bond donors (Lipinski definition) is 1. The van der Waals surface area contributed by atoms with E-state index in [1.807, 2.05) is 32.2 Å². The molecule has 0 fully saturated rings. The Morgan fingerprint density at radius 3 is 2.70 bits per heavy atom. The third-order valence-corrected chi connectivity index (χ3v) is 4.63. The van der Waals surface area contributed by atoms with Gasteiger partial charge < -0.3 is 4.98 Å². The van der Waals surface area contributed by atoms with Gasteiger partial charge in [-0.2, -0.15) is 5.10 Å². The van der Waals surface area contributed by atoms with Crippen molar-refractivity contribution in [3.05, 3.63) is 80.6 Å². The molecule has 0 saturated heterocycles. The number of nitrogens with zero attached hydrogens (tertiary/aromatic N) is 4. The minimum absolute atomic E-state index is 0.124. The standard InChI is InChI=1S/C20H14ClN5O/c1-11-8-13(9-16(21)18(11)22-3)14-10-15-17(27)4-6-23-19(15)24-20(14)26-7-5-12(2)25-26/h4-10H,1-2H3,(H,23,24,27). The van der Waals surface area contributed by atoms with Gasteiger partial charge >= 0.3 is 0 Å². The smallest absolute Gasteiger partial charge is 0.208 e. The van der Waals surface area contributed by atoms with Gasteiger partial charge in [0.05, 0.1) is 17.7 Å². The van der Waals surface area contributed by atoms with E-state index >= 15 is 0 Å². The zero-order chi connectivity index (χ0) is 19.1. The van der Waals surface area contributed by atoms with Gasteiger partial charge in [-0.25, -0.2) is 14.5 Å². The minimum Gasteiger partial charge on any atom is -0.346 e. The van der Waals surface area contributed by atoms with Crippen molar-refractivity contribution in [1.29, 1.82) is 0 Å². The lowest BCUT2D eigenvalue weighted by atomic mass is 10.0. The maximum absolute atomic E-state index is 12.3. The van der Waals surface area contributed by atoms with E-state index in [1.165, 1.54) is 6.07 Å². The van der Waals surface area contributed by atoms with Crippen molar-refractivity contribution in [3.8, 4) is 16.9 Å². The quantitative estimate of drug-likeness (QED) is 0.521. The molecule has 0 saturated carbocycles. The fourth-order valence-corrected chi connectivity index (χ4v) is 3.35. The van der Waals surface area contributed by atoms with Crippen molar-refractivity contribution in [1.82, 2.24) is 19.7 Å². The third kappa shape index (κ3) is 2.88. The zero-order valence-corrected chi connectivity index (χ0v) is 15.4. The number of rotatable bonds is 2. The Bertz CT molecular complexity index is 1270. The van der Waals surface area contributed by atoms with Crippen LogP contribution in [-0.4, -0.2) is 19.7 Å². The summed E-state index contributed by atoms with van der Waals surface area (Å²) in [4.78, 5) is 23.4. The van der Waals surface area contributed by atoms with Gasteiger partial charge in [0.25, 0.3) is 0 Å². The topological polar surface area (TPSA) is 67.9 Å². The van der Waals surface area contributed by atoms with Gasteiger partial charge in [-0.3, -0.25) is 4.79 Å². The average molecular weight is 376 g/mol. The number of halogens is 1. The highest BCUT2D eigenvalue weighted by Gasteiger charge is 2.16. The van der Waals surface area contributed by atoms with Crippen LogP contribution in [0, 0.1) is 20.4 Å². The molecule has 0 aliphatic rings. The molecule has 132 valence electrons. The summed E-state index contributed by atoms with van der Waals surface area (Å²) in [7, 11) is 0. The van der Waals surface area contributed by atoms with E-state index in [-0.39, 0.29) is 5.43 Å². The summed E-state index contributed by atoms with van der Waals surface area (Å²) in [5, 5.41) is 5.30. The van der Waals surface area contributed by atoms with E-state index in [9.17, 15) is 4.79 Å². The van der Waals surface area contributed by atoms with Crippen LogP contribution in [0.2, 0.25) is 5.02 Å². The fraction of sp³-hybridized carbons (Fsp3) is 0.100. The molecule has 7 heteroatoms. The van der Waals surface area contributed by atoms with Crippen molar-refractivity contribution < 1.29 is 0 Å². The van der Waals surface area contributed by atoms with Gasteiger partial charge in [0.2, 0.25) is 5.69 Å². The van der Waals surface area contributed by atoms with Crippen molar-refractivity contribution >= 4 is 28.3 Å². The number of hydrogen-bond acceptors (Lipinski definition) is 3. The van der Waals surface area contributed by atoms with E-state index in [2.05, 4.69) is 19.9 Å². The molecule has 27 heavy (non-hydrogen) atoms. The lowest BCUT2D eigenvalue weighted by molar-refractivity contribution is 0.837. The zero-order valence-electron chi connectivity index (χ0n) is 14.6. The molecule has 1 aromatic carbocycles. The highest BCUT2D eigenvalue weighted by atomic mass is 35.5. The largest absolute Gasteiger partial charge is 0.346 e. The summed E-state index contributed by atoms with van der Waals surface area (Å²) in [6.45, 7) is 11.0. The second-order valence-electron chi connectivity index (χ2n) is 6.23. The van der Waals surface area contributed by atoms with E-state index < -0.39 is 0 Å². The van der Waals surface area contributed by atoms with Crippen molar-refractivity contribution in [3.63, 3.8) is 0 Å². The molecule has 0 radical (unpaired) electrons. The molecule has 0 bridgehead atoms. The van der Waals surface area contributed by atoms with Gasteiger partial charge in [0, 0.05) is 29.0 Å². The average Bonchev–Trinajstić information content (AvgIpc) is 3.07. The van der Waals surface area contributed by atoms with Gasteiger partial charge in [0.1, 0.15) is 5.65 Å². The molecule has 4 aromatic rings. The molecule has 0 atom stereocenters. The Morgan fingerprint density at radius 2 is 2.04 bits per heavy atom. The second kappa shape index (κ2) is 6.38. The Labute approximate surface area is 159 Å². The van der Waals surface area contributed by atoms with E-state index in [4.69, 9.17) is 18.2 Å². The summed E-state index contributed by atoms with van der Waals surface area (Å²) in [6.07, 6.45) is 3.39. The van der Waals surface area contributed by atoms with Crippen molar-refractivity contribution in [2.75, 3.05) is 0 Å². The number of H-pyrrole nitrogens is 1. The predicted octanol–water partition coefficient (Wildman–Crippen LogP) is 4.60. The van der Waals surface area contributed by atoms with Crippen LogP contribution in [0.4, 0.5) is 5.69 Å². The molecular formula is C20H14ClN5O. The van der Waals surface area contributed by atoms with Gasteiger partial charge in [-0.05, 0) is 43.2 Å². The first-order valence-corrected chi connectivity index (χ1v) is 8.59.